The summed E-state index contributed by atoms with van der Waals surface area (Å²) in [5.41, 5.74) is 12.2. The Morgan fingerprint density at radius 3 is 1.11 bits per heavy atom. The minimum atomic E-state index is -1.70. The molecule has 0 bridgehead atoms. The second kappa shape index (κ2) is 51.7. The average Bonchev–Trinajstić information content (AvgIpc) is 1.29. The monoisotopic (exact) mass is 2090 g/mol. The molecule has 0 N–H and O–H groups in total. The molecular weight excluding hydrogens is 1970 g/mol. The second-order valence-electron chi connectivity index (χ2n) is 38.5. The second-order valence-corrected chi connectivity index (χ2v) is 40.1. The van der Waals surface area contributed by atoms with E-state index in [2.05, 4.69) is 133 Å². The first-order chi connectivity index (χ1) is 70.2. The Labute approximate surface area is 868 Å². The molecule has 15 aromatic rings. The molecule has 0 spiro atoms. The number of fused-ring (bicyclic) bond motifs is 5. The lowest BCUT2D eigenvalue weighted by atomic mass is 10.1. The normalized spacial score (nSPS) is 12.3. The number of pyridine rings is 5. The van der Waals surface area contributed by atoms with Crippen LogP contribution in [0, 0.1) is 79.4 Å². The Kier molecular flexibility index (Phi) is 39.0. The molecule has 5 amide bonds. The predicted octanol–water partition coefficient (Wildman–Crippen LogP) is 24.9. The van der Waals surface area contributed by atoms with Crippen molar-refractivity contribution in [2.24, 2.45) is 29.6 Å². The molecule has 146 heavy (non-hydrogen) atoms. The molecule has 17 rings (SSSR count). The van der Waals surface area contributed by atoms with E-state index in [-0.39, 0.29) is 48.5 Å². The lowest BCUT2D eigenvalue weighted by Gasteiger charge is -2.25. The van der Waals surface area contributed by atoms with Crippen molar-refractivity contribution >= 4 is 124 Å². The van der Waals surface area contributed by atoms with Crippen molar-refractivity contribution in [2.45, 2.75) is 226 Å². The standard InChI is InChI=1S/C23H29ClN4O.C23H29FN4O2.C22H23BrN4O.C22H27ClN4O.C22H22F4N4O/c1-5-12-28-21(26-20-7-6-11-25-22(20)28)15-27(13-10-16(2)3)23(29)18-8-9-19(24)17(4)14-18;1-5-12-28-21(26-19-7-6-11-25-22(19)28)15-27(13-10-16(2)3)23(29)17-8-9-20(30-4)18(24)14-17;1-3-11-26(22(28)17-9-6-15(2)18(23)12-17)14-20-25-19-5-4-10-24-21(19)27(20)13-16-7-8-16;1-5-11-27-20(25-19-7-6-10-24-21(19)27)14-26(13-15(2)3)22(28)17-8-9-18(23)16(4)12-17;1-2-3-9-29(22(31)18-19(25)14(23)10-15(24)20(18)26)12-17-28-16-5-4-8-27-21(16)30(17)11-13-6-7-13/h6-9,11,14,16H,5,10,12-13,15H2,1-4H3;6-9,11,14,16H,5,10,12-13,15H2,1-4H3;3-6,9-10,12,16H,1,7-8,11,13-14H2,2H3;6-10,12,15H,5,11,13-14H2,1-4H3;4-5,8,10,13H,2-3,6-7,9,11-12H2,1H3. The number of benzene rings is 5. The van der Waals surface area contributed by atoms with Gasteiger partial charge in [0.15, 0.2) is 63.1 Å². The van der Waals surface area contributed by atoms with Gasteiger partial charge in [0, 0.05) is 139 Å². The number of rotatable bonds is 39. The zero-order valence-electron chi connectivity index (χ0n) is 85.6. The summed E-state index contributed by atoms with van der Waals surface area (Å²) in [6.07, 6.45) is 21.1. The topological polar surface area (TPSA) is 264 Å². The van der Waals surface area contributed by atoms with Crippen molar-refractivity contribution in [3.63, 3.8) is 0 Å². The van der Waals surface area contributed by atoms with Crippen LogP contribution in [0.1, 0.15) is 237 Å². The van der Waals surface area contributed by atoms with E-state index in [0.717, 1.165) is 160 Å². The van der Waals surface area contributed by atoms with Gasteiger partial charge < -0.3 is 52.1 Å². The quantitative estimate of drug-likeness (QED) is 0.0197. The summed E-state index contributed by atoms with van der Waals surface area (Å²) in [7, 11) is 1.40. The molecule has 10 aromatic heterocycles. The number of ether oxygens (including phenoxy) is 1. The van der Waals surface area contributed by atoms with Gasteiger partial charge >= 0.3 is 0 Å². The van der Waals surface area contributed by atoms with Crippen molar-refractivity contribution in [1.82, 2.24) is 97.2 Å². The fraction of sp³-hybridized carbons (Fsp3) is 0.402. The Bertz CT molecular complexity index is 7070. The number of imidazole rings is 5. The summed E-state index contributed by atoms with van der Waals surface area (Å²) in [6, 6.07) is 40.0. The maximum absolute atomic E-state index is 14.3. The largest absolute Gasteiger partial charge is 0.494 e. The van der Waals surface area contributed by atoms with Gasteiger partial charge in [-0.15, -0.1) is 6.58 Å². The first-order valence-electron chi connectivity index (χ1n) is 50.2. The summed E-state index contributed by atoms with van der Waals surface area (Å²) >= 11 is 15.8. The lowest BCUT2D eigenvalue weighted by molar-refractivity contribution is 0.0711. The van der Waals surface area contributed by atoms with Crippen LogP contribution in [0.5, 0.6) is 5.75 Å². The van der Waals surface area contributed by atoms with Crippen molar-refractivity contribution in [3.05, 3.63) is 300 Å². The molecule has 5 aromatic carbocycles. The number of halogens is 8. The number of methoxy groups -OCH3 is 1. The molecule has 2 aliphatic rings. The van der Waals surface area contributed by atoms with Crippen LogP contribution >= 0.6 is 39.1 Å². The van der Waals surface area contributed by atoms with E-state index in [1.165, 1.54) is 37.0 Å². The molecule has 0 aliphatic heterocycles. The van der Waals surface area contributed by atoms with Crippen molar-refractivity contribution in [3.8, 4) is 5.75 Å². The van der Waals surface area contributed by atoms with E-state index >= 15 is 0 Å². The highest BCUT2D eigenvalue weighted by atomic mass is 79.9. The first-order valence-corrected chi connectivity index (χ1v) is 51.8. The van der Waals surface area contributed by atoms with Gasteiger partial charge in [0.25, 0.3) is 29.5 Å². The highest BCUT2D eigenvalue weighted by molar-refractivity contribution is 9.10. The van der Waals surface area contributed by atoms with E-state index in [0.29, 0.717) is 151 Å². The van der Waals surface area contributed by atoms with Gasteiger partial charge in [-0.3, -0.25) is 24.0 Å². The van der Waals surface area contributed by atoms with Crippen LogP contribution in [0.4, 0.5) is 22.0 Å². The predicted molar refractivity (Wildman–Crippen MR) is 567 cm³/mol. The molecule has 770 valence electrons. The van der Waals surface area contributed by atoms with Gasteiger partial charge in [0.05, 0.1) is 39.8 Å². The summed E-state index contributed by atoms with van der Waals surface area (Å²) in [4.78, 5) is 121. The van der Waals surface area contributed by atoms with Gasteiger partial charge in [-0.05, 0) is 259 Å². The molecule has 2 saturated carbocycles. The Balaban J connectivity index is 0.000000153. The van der Waals surface area contributed by atoms with Gasteiger partial charge in [-0.25, -0.2) is 71.8 Å². The molecule has 2 aliphatic carbocycles. The average molecular weight is 2100 g/mol. The van der Waals surface area contributed by atoms with Crippen LogP contribution < -0.4 is 4.74 Å². The third kappa shape index (κ3) is 28.1. The zero-order valence-corrected chi connectivity index (χ0v) is 88.7. The highest BCUT2D eigenvalue weighted by Gasteiger charge is 2.34. The van der Waals surface area contributed by atoms with E-state index in [1.54, 1.807) is 89.3 Å². The minimum absolute atomic E-state index is 0.00321. The Hall–Kier alpha value is -13.2. The van der Waals surface area contributed by atoms with Gasteiger partial charge in [0.2, 0.25) is 0 Å². The van der Waals surface area contributed by atoms with Gasteiger partial charge in [0.1, 0.15) is 62.3 Å². The van der Waals surface area contributed by atoms with Crippen LogP contribution in [-0.2, 0) is 65.4 Å². The molecule has 10 heterocycles. The highest BCUT2D eigenvalue weighted by Crippen LogP contribution is 2.36. The van der Waals surface area contributed by atoms with Crippen LogP contribution in [0.3, 0.4) is 0 Å². The maximum Gasteiger partial charge on any atom is 0.260 e. The molecule has 0 radical (unpaired) electrons. The van der Waals surface area contributed by atoms with Crippen LogP contribution in [0.15, 0.2) is 188 Å². The third-order valence-corrected chi connectivity index (χ3v) is 27.0. The van der Waals surface area contributed by atoms with Crippen molar-refractivity contribution in [1.29, 1.82) is 0 Å². The Morgan fingerprint density at radius 1 is 0.418 bits per heavy atom. The SMILES string of the molecule is C=CCN(Cc1nc2cccnc2n1CC1CC1)C(=O)c1ccc(C)c(Br)c1.CCCCN(Cc1nc2cccnc2n1CC1CC1)C(=O)c1c(F)c(F)cc(F)c1F.CCCn1c(CN(CC(C)C)C(=O)c2ccc(Cl)c(C)c2)nc2cccnc21.CCCn1c(CN(CCC(C)C)C(=O)c2ccc(Cl)c(C)c2)nc2cccnc21.CCCn1c(CN(CCC(C)C)C(=O)c2ccc(OC)c(F)c2)nc2cccnc21. The van der Waals surface area contributed by atoms with E-state index < -0.39 is 40.6 Å². The number of aryl methyl sites for hydroxylation is 6. The summed E-state index contributed by atoms with van der Waals surface area (Å²) in [6.45, 7) is 38.9. The van der Waals surface area contributed by atoms with Crippen LogP contribution in [0.25, 0.3) is 55.8 Å². The smallest absolute Gasteiger partial charge is 0.260 e. The molecule has 0 saturated heterocycles. The molecule has 26 nitrogen and oxygen atoms in total. The third-order valence-electron chi connectivity index (χ3n) is 25.3. The summed E-state index contributed by atoms with van der Waals surface area (Å²) in [5, 5.41) is 1.34. The number of amides is 5. The number of hydrogen-bond donors (Lipinski definition) is 0. The van der Waals surface area contributed by atoms with Crippen LogP contribution in [-0.4, -0.2) is 167 Å². The van der Waals surface area contributed by atoms with E-state index in [1.807, 2.05) is 121 Å². The fourth-order valence-corrected chi connectivity index (χ4v) is 17.7. The van der Waals surface area contributed by atoms with E-state index in [9.17, 15) is 45.9 Å². The maximum atomic E-state index is 14.3. The molecule has 0 unspecified atom stereocenters. The molecule has 2 fully saturated rings. The number of carbonyl (C=O) groups is 5. The number of unbranched alkanes of at least 4 members (excludes halogenated alkanes) is 1. The van der Waals surface area contributed by atoms with Gasteiger partial charge in [-0.1, -0.05) is 127 Å². The van der Waals surface area contributed by atoms with E-state index in [4.69, 9.17) is 47.9 Å². The number of nitrogens with zero attached hydrogens (tertiary/aromatic N) is 20. The summed E-state index contributed by atoms with van der Waals surface area (Å²) in [5.74, 6) is -1.99. The minimum Gasteiger partial charge on any atom is -0.494 e. The van der Waals surface area contributed by atoms with Gasteiger partial charge in [-0.2, -0.15) is 0 Å². The summed E-state index contributed by atoms with van der Waals surface area (Å²) < 4.78 is 86.5. The Morgan fingerprint density at radius 2 is 0.760 bits per heavy atom. The number of carbonyl (C=O) groups excluding carboxylic acids is 5. The van der Waals surface area contributed by atoms with Crippen molar-refractivity contribution in [2.75, 3.05) is 39.8 Å². The fourth-order valence-electron chi connectivity index (χ4n) is 17.1. The molecular formula is C112H130BrCl2F5N20O6. The van der Waals surface area contributed by atoms with Crippen molar-refractivity contribution < 1.29 is 50.7 Å². The number of aromatic nitrogens is 15. The number of hydrogen-bond acceptors (Lipinski definition) is 16. The zero-order chi connectivity index (χ0) is 105. The molecule has 0 atom stereocenters. The first kappa shape index (κ1) is 110. The molecule has 34 heteroatoms. The lowest BCUT2D eigenvalue weighted by Crippen LogP contribution is -2.34. The van der Waals surface area contributed by atoms with Crippen LogP contribution in [0.2, 0.25) is 10.0 Å².